The molecule has 7 heteroatoms. The number of hydrogen-bond acceptors (Lipinski definition) is 3. The molecule has 1 aliphatic rings. The third kappa shape index (κ3) is 9.09. The van der Waals surface area contributed by atoms with Gasteiger partial charge in [-0.1, -0.05) is 47.5 Å². The van der Waals surface area contributed by atoms with E-state index in [2.05, 4.69) is 28.2 Å². The minimum absolute atomic E-state index is 0.139. The molecular weight excluding hydrogens is 509 g/mol. The number of allylic oxidation sites excluding steroid dienone is 4. The maximum atomic E-state index is 12.8. The van der Waals surface area contributed by atoms with E-state index in [4.69, 9.17) is 11.6 Å². The zero-order chi connectivity index (χ0) is 27.7. The number of halogens is 4. The number of alkyl halides is 3. The summed E-state index contributed by atoms with van der Waals surface area (Å²) in [6.07, 6.45) is 8.04. The van der Waals surface area contributed by atoms with Gasteiger partial charge in [0.25, 0.3) is 0 Å². The molecule has 1 atom stereocenters. The van der Waals surface area contributed by atoms with Crippen LogP contribution >= 0.6 is 11.6 Å². The summed E-state index contributed by atoms with van der Waals surface area (Å²) in [5, 5.41) is 0.663. The van der Waals surface area contributed by atoms with Crippen LogP contribution in [0.15, 0.2) is 75.9 Å². The van der Waals surface area contributed by atoms with E-state index in [1.165, 1.54) is 23.3 Å². The molecule has 0 aromatic heterocycles. The van der Waals surface area contributed by atoms with Crippen LogP contribution in [0.1, 0.15) is 68.2 Å². The molecule has 3 nitrogen and oxygen atoms in total. The first-order valence-electron chi connectivity index (χ1n) is 12.8. The number of nitrogens with zero attached hydrogens (tertiary/aromatic N) is 2. The van der Waals surface area contributed by atoms with E-state index < -0.39 is 11.7 Å². The Kier molecular flexibility index (Phi) is 10.7. The largest absolute Gasteiger partial charge is 0.416 e. The smallest absolute Gasteiger partial charge is 0.300 e. The third-order valence-electron chi connectivity index (χ3n) is 6.80. The van der Waals surface area contributed by atoms with E-state index in [-0.39, 0.29) is 5.78 Å². The van der Waals surface area contributed by atoms with Gasteiger partial charge in [0.1, 0.15) is 5.78 Å². The topological polar surface area (TPSA) is 41.8 Å². The summed E-state index contributed by atoms with van der Waals surface area (Å²) < 4.78 is 38.5. The van der Waals surface area contributed by atoms with Crippen molar-refractivity contribution in [2.45, 2.75) is 65.0 Å². The highest BCUT2D eigenvalue weighted by atomic mass is 35.5. The lowest BCUT2D eigenvalue weighted by Crippen LogP contribution is -2.08. The van der Waals surface area contributed by atoms with Crippen molar-refractivity contribution in [1.29, 1.82) is 0 Å². The summed E-state index contributed by atoms with van der Waals surface area (Å²) in [5.41, 5.74) is 4.88. The van der Waals surface area contributed by atoms with Crippen LogP contribution in [0.5, 0.6) is 0 Å². The molecule has 2 aromatic carbocycles. The second kappa shape index (κ2) is 13.7. The van der Waals surface area contributed by atoms with Gasteiger partial charge in [0.2, 0.25) is 0 Å². The van der Waals surface area contributed by atoms with Crippen LogP contribution in [0.25, 0.3) is 0 Å². The van der Waals surface area contributed by atoms with Crippen molar-refractivity contribution >= 4 is 29.3 Å². The van der Waals surface area contributed by atoms with E-state index in [1.54, 1.807) is 20.2 Å². The lowest BCUT2D eigenvalue weighted by Gasteiger charge is -2.17. The summed E-state index contributed by atoms with van der Waals surface area (Å²) in [5.74, 6) is 0.686. The van der Waals surface area contributed by atoms with Crippen LogP contribution in [0.3, 0.4) is 0 Å². The van der Waals surface area contributed by atoms with Gasteiger partial charge in [0, 0.05) is 29.8 Å². The van der Waals surface area contributed by atoms with Crippen LogP contribution in [0.2, 0.25) is 5.02 Å². The van der Waals surface area contributed by atoms with E-state index in [9.17, 15) is 18.0 Å². The second-order valence-electron chi connectivity index (χ2n) is 9.83. The molecule has 0 N–H and O–H groups in total. The predicted octanol–water partition coefficient (Wildman–Crippen LogP) is 8.63. The molecular formula is C31H34ClF3N2O. The monoisotopic (exact) mass is 542 g/mol. The van der Waals surface area contributed by atoms with Crippen molar-refractivity contribution in [1.82, 2.24) is 0 Å². The summed E-state index contributed by atoms with van der Waals surface area (Å²) in [7, 11) is 1.60. The minimum Gasteiger partial charge on any atom is -0.300 e. The van der Waals surface area contributed by atoms with Crippen molar-refractivity contribution in [3.05, 3.63) is 93.2 Å². The maximum absolute atomic E-state index is 12.8. The Morgan fingerprint density at radius 2 is 1.82 bits per heavy atom. The van der Waals surface area contributed by atoms with Crippen LogP contribution in [0, 0.1) is 5.92 Å². The van der Waals surface area contributed by atoms with Gasteiger partial charge in [-0.2, -0.15) is 13.2 Å². The third-order valence-corrected chi connectivity index (χ3v) is 7.03. The van der Waals surface area contributed by atoms with Gasteiger partial charge >= 0.3 is 6.18 Å². The molecule has 0 aliphatic heterocycles. The Balaban J connectivity index is 1.56. The molecule has 0 radical (unpaired) electrons. The number of aliphatic imine (C=N–C) groups is 2. The Morgan fingerprint density at radius 1 is 1.08 bits per heavy atom. The van der Waals surface area contributed by atoms with Crippen LogP contribution in [-0.2, 0) is 23.8 Å². The van der Waals surface area contributed by atoms with Gasteiger partial charge in [-0.3, -0.25) is 14.8 Å². The molecule has 0 saturated heterocycles. The average molecular weight is 543 g/mol. The number of Topliss-reactive ketones (excluding diaryl/α,β-unsaturated/α-hetero) is 1. The fraction of sp³-hybridized carbons (Fsp3) is 0.387. The first kappa shape index (κ1) is 29.6. The molecule has 3 rings (SSSR count). The Hall–Kier alpha value is -2.99. The number of ketones is 1. The molecule has 0 spiro atoms. The number of hydrogen-bond donors (Lipinski definition) is 0. The van der Waals surface area contributed by atoms with Gasteiger partial charge in [0.05, 0.1) is 17.5 Å². The number of carbonyl (C=O) groups is 1. The zero-order valence-electron chi connectivity index (χ0n) is 22.1. The highest BCUT2D eigenvalue weighted by molar-refractivity contribution is 6.38. The Morgan fingerprint density at radius 3 is 2.47 bits per heavy atom. The first-order valence-corrected chi connectivity index (χ1v) is 13.2. The Labute approximate surface area is 228 Å². The molecule has 0 amide bonds. The molecule has 1 unspecified atom stereocenters. The van der Waals surface area contributed by atoms with Gasteiger partial charge in [0.15, 0.2) is 0 Å². The molecule has 0 saturated carbocycles. The standard InChI is InChI=1S/C31H34ClF3N2O/c1-21(37-20-30(36-3)25-11-14-28(15-12-25)31(33,34)35)7-8-23-5-4-6-24(10-9-23)18-26-13-16-29(32)19-27(26)17-22(2)38/h5,7,11-16,19-20,24H,4,6,8-10,17-18H2,1-3H3/b21-7+,36-30?,37-20?. The Bertz CT molecular complexity index is 1240. The number of benzene rings is 2. The van der Waals surface area contributed by atoms with Crippen molar-refractivity contribution in [3.8, 4) is 0 Å². The van der Waals surface area contributed by atoms with E-state index in [0.29, 0.717) is 28.6 Å². The van der Waals surface area contributed by atoms with Crippen molar-refractivity contribution < 1.29 is 18.0 Å². The minimum atomic E-state index is -4.36. The van der Waals surface area contributed by atoms with Crippen LogP contribution < -0.4 is 0 Å². The van der Waals surface area contributed by atoms with E-state index in [1.807, 2.05) is 19.1 Å². The number of rotatable bonds is 9. The second-order valence-corrected chi connectivity index (χ2v) is 10.3. The lowest BCUT2D eigenvalue weighted by atomic mass is 9.88. The summed E-state index contributed by atoms with van der Waals surface area (Å²) in [6.45, 7) is 3.52. The fourth-order valence-corrected chi connectivity index (χ4v) is 4.87. The van der Waals surface area contributed by atoms with Crippen molar-refractivity contribution in [3.63, 3.8) is 0 Å². The lowest BCUT2D eigenvalue weighted by molar-refractivity contribution is -0.137. The molecule has 202 valence electrons. The predicted molar refractivity (Wildman–Crippen MR) is 150 cm³/mol. The van der Waals surface area contributed by atoms with Crippen molar-refractivity contribution in [2.75, 3.05) is 7.05 Å². The van der Waals surface area contributed by atoms with Gasteiger partial charge in [-0.15, -0.1) is 0 Å². The van der Waals surface area contributed by atoms with Gasteiger partial charge in [-0.05, 0) is 93.7 Å². The quantitative estimate of drug-likeness (QED) is 0.231. The SMILES string of the molecule is CN=C(C=N/C(C)=C/CC1=CCCC(Cc2ccc(Cl)cc2CC(C)=O)CC1)c1ccc(C(F)(F)F)cc1. The van der Waals surface area contributed by atoms with Crippen molar-refractivity contribution in [2.24, 2.45) is 15.9 Å². The van der Waals surface area contributed by atoms with Gasteiger partial charge < -0.3 is 0 Å². The van der Waals surface area contributed by atoms with Crippen LogP contribution in [0.4, 0.5) is 13.2 Å². The maximum Gasteiger partial charge on any atom is 0.416 e. The van der Waals surface area contributed by atoms with E-state index >= 15 is 0 Å². The van der Waals surface area contributed by atoms with Crippen LogP contribution in [-0.4, -0.2) is 24.8 Å². The normalized spacial score (nSPS) is 17.4. The molecule has 0 heterocycles. The van der Waals surface area contributed by atoms with E-state index in [0.717, 1.165) is 61.9 Å². The molecule has 0 fully saturated rings. The molecule has 2 aromatic rings. The highest BCUT2D eigenvalue weighted by Gasteiger charge is 2.30. The first-order chi connectivity index (χ1) is 18.0. The van der Waals surface area contributed by atoms with Gasteiger partial charge in [-0.25, -0.2) is 0 Å². The summed E-state index contributed by atoms with van der Waals surface area (Å²) in [6, 6.07) is 10.8. The summed E-state index contributed by atoms with van der Waals surface area (Å²) >= 11 is 6.17. The number of carbonyl (C=O) groups excluding carboxylic acids is 1. The molecule has 0 bridgehead atoms. The fourth-order valence-electron chi connectivity index (χ4n) is 4.67. The highest BCUT2D eigenvalue weighted by Crippen LogP contribution is 2.30. The molecule has 38 heavy (non-hydrogen) atoms. The summed E-state index contributed by atoms with van der Waals surface area (Å²) in [4.78, 5) is 20.4. The molecule has 1 aliphatic carbocycles. The average Bonchev–Trinajstić information content (AvgIpc) is 3.09. The zero-order valence-corrected chi connectivity index (χ0v) is 22.9.